The number of nitrogens with one attached hydrogen (secondary N) is 1. The van der Waals surface area contributed by atoms with Gasteiger partial charge in [-0.25, -0.2) is 0 Å². The molecule has 0 aromatic heterocycles. The summed E-state index contributed by atoms with van der Waals surface area (Å²) in [6, 6.07) is 0.808. The summed E-state index contributed by atoms with van der Waals surface area (Å²) in [5.41, 5.74) is 0.638. The van der Waals surface area contributed by atoms with Gasteiger partial charge in [0.25, 0.3) is 0 Å². The summed E-state index contributed by atoms with van der Waals surface area (Å²) < 4.78 is 0. The molecule has 2 fully saturated rings. The van der Waals surface area contributed by atoms with Crippen LogP contribution in [0.4, 0.5) is 0 Å². The molecule has 112 valence electrons. The van der Waals surface area contributed by atoms with Gasteiger partial charge < -0.3 is 5.32 Å². The third-order valence-electron chi connectivity index (χ3n) is 5.59. The van der Waals surface area contributed by atoms with E-state index in [0.717, 1.165) is 17.9 Å². The van der Waals surface area contributed by atoms with Gasteiger partial charge in [0, 0.05) is 6.04 Å². The molecule has 1 nitrogen and oxygen atoms in total. The van der Waals surface area contributed by atoms with E-state index in [9.17, 15) is 0 Å². The summed E-state index contributed by atoms with van der Waals surface area (Å²) >= 11 is 0. The highest BCUT2D eigenvalue weighted by atomic mass is 14.9. The lowest BCUT2D eigenvalue weighted by Gasteiger charge is -2.43. The van der Waals surface area contributed by atoms with Crippen molar-refractivity contribution in [2.45, 2.75) is 91.0 Å². The number of hydrogen-bond acceptors (Lipinski definition) is 1. The molecule has 1 unspecified atom stereocenters. The normalized spacial score (nSPS) is 24.6. The smallest absolute Gasteiger partial charge is 0.0126 e. The minimum Gasteiger partial charge on any atom is -0.313 e. The molecule has 0 amide bonds. The summed E-state index contributed by atoms with van der Waals surface area (Å²) in [4.78, 5) is 0. The number of rotatable bonds is 8. The summed E-state index contributed by atoms with van der Waals surface area (Å²) in [5.74, 6) is 1.89. The molecule has 1 N–H and O–H groups in total. The van der Waals surface area contributed by atoms with Gasteiger partial charge in [-0.1, -0.05) is 52.9 Å². The predicted octanol–water partition coefficient (Wildman–Crippen LogP) is 5.15. The second-order valence-corrected chi connectivity index (χ2v) is 7.71. The molecule has 1 heteroatoms. The number of hydrogen-bond donors (Lipinski definition) is 1. The van der Waals surface area contributed by atoms with Crippen molar-refractivity contribution in [1.82, 2.24) is 5.32 Å². The fraction of sp³-hybridized carbons (Fsp3) is 1.00. The maximum absolute atomic E-state index is 3.96. The Balaban J connectivity index is 2.02. The van der Waals surface area contributed by atoms with Crippen molar-refractivity contribution in [2.75, 3.05) is 6.54 Å². The molecule has 2 rings (SSSR count). The zero-order valence-corrected chi connectivity index (χ0v) is 13.5. The molecule has 2 aliphatic rings. The molecule has 0 aliphatic heterocycles. The highest BCUT2D eigenvalue weighted by Crippen LogP contribution is 2.48. The first kappa shape index (κ1) is 15.4. The first-order valence-electron chi connectivity index (χ1n) is 8.89. The fourth-order valence-corrected chi connectivity index (χ4v) is 4.52. The van der Waals surface area contributed by atoms with Crippen LogP contribution < -0.4 is 5.32 Å². The van der Waals surface area contributed by atoms with Gasteiger partial charge in [0.15, 0.2) is 0 Å². The summed E-state index contributed by atoms with van der Waals surface area (Å²) in [7, 11) is 0. The molecule has 0 saturated heterocycles. The molecule has 2 saturated carbocycles. The van der Waals surface area contributed by atoms with Gasteiger partial charge in [0.2, 0.25) is 0 Å². The highest BCUT2D eigenvalue weighted by molar-refractivity contribution is 4.96. The maximum atomic E-state index is 3.96. The van der Waals surface area contributed by atoms with Crippen molar-refractivity contribution < 1.29 is 0 Å². The zero-order valence-electron chi connectivity index (χ0n) is 13.5. The first-order chi connectivity index (χ1) is 9.16. The van der Waals surface area contributed by atoms with Gasteiger partial charge in [-0.2, -0.15) is 0 Å². The minimum absolute atomic E-state index is 0.638. The third kappa shape index (κ3) is 3.97. The van der Waals surface area contributed by atoms with Crippen LogP contribution in [0.25, 0.3) is 0 Å². The Morgan fingerprint density at radius 1 is 1.11 bits per heavy atom. The lowest BCUT2D eigenvalue weighted by atomic mass is 9.67. The van der Waals surface area contributed by atoms with E-state index in [1.54, 1.807) is 0 Å². The molecular formula is C18H35N. The van der Waals surface area contributed by atoms with Crippen molar-refractivity contribution in [3.05, 3.63) is 0 Å². The molecule has 1 atom stereocenters. The lowest BCUT2D eigenvalue weighted by Crippen LogP contribution is -2.46. The average Bonchev–Trinajstić information content (AvgIpc) is 2.75. The average molecular weight is 265 g/mol. The first-order valence-corrected chi connectivity index (χ1v) is 8.89. The Morgan fingerprint density at radius 3 is 2.26 bits per heavy atom. The van der Waals surface area contributed by atoms with Crippen LogP contribution in [-0.4, -0.2) is 12.6 Å². The highest BCUT2D eigenvalue weighted by Gasteiger charge is 2.42. The SMILES string of the molecule is CCCNC(CC1CCC1)C1(CC(C)C)CCCC1. The minimum atomic E-state index is 0.638. The van der Waals surface area contributed by atoms with Crippen LogP contribution in [0, 0.1) is 17.3 Å². The van der Waals surface area contributed by atoms with E-state index >= 15 is 0 Å². The van der Waals surface area contributed by atoms with Crippen molar-refractivity contribution in [2.24, 2.45) is 17.3 Å². The van der Waals surface area contributed by atoms with E-state index in [-0.39, 0.29) is 0 Å². The Labute approximate surface area is 120 Å². The Hall–Kier alpha value is -0.0400. The van der Waals surface area contributed by atoms with Crippen molar-refractivity contribution >= 4 is 0 Å². The lowest BCUT2D eigenvalue weighted by molar-refractivity contribution is 0.116. The third-order valence-corrected chi connectivity index (χ3v) is 5.59. The largest absolute Gasteiger partial charge is 0.313 e. The Kier molecular flexibility index (Phi) is 5.74. The molecule has 19 heavy (non-hydrogen) atoms. The van der Waals surface area contributed by atoms with Gasteiger partial charge in [-0.3, -0.25) is 0 Å². The Morgan fingerprint density at radius 2 is 1.79 bits per heavy atom. The van der Waals surface area contributed by atoms with Crippen LogP contribution in [0.3, 0.4) is 0 Å². The van der Waals surface area contributed by atoms with Crippen LogP contribution in [0.1, 0.15) is 85.0 Å². The summed E-state index contributed by atoms with van der Waals surface area (Å²) in [5, 5.41) is 3.96. The summed E-state index contributed by atoms with van der Waals surface area (Å²) in [6.07, 6.45) is 14.6. The molecule has 0 aromatic rings. The monoisotopic (exact) mass is 265 g/mol. The van der Waals surface area contributed by atoms with Crippen molar-refractivity contribution in [3.8, 4) is 0 Å². The maximum Gasteiger partial charge on any atom is 0.0126 e. The summed E-state index contributed by atoms with van der Waals surface area (Å²) in [6.45, 7) is 8.36. The predicted molar refractivity (Wildman–Crippen MR) is 84.4 cm³/mol. The molecule has 0 heterocycles. The van der Waals surface area contributed by atoms with E-state index in [1.165, 1.54) is 70.8 Å². The molecular weight excluding hydrogens is 230 g/mol. The second-order valence-electron chi connectivity index (χ2n) is 7.71. The van der Waals surface area contributed by atoms with Gasteiger partial charge >= 0.3 is 0 Å². The zero-order chi connectivity index (χ0) is 13.7. The van der Waals surface area contributed by atoms with Crippen molar-refractivity contribution in [1.29, 1.82) is 0 Å². The second kappa shape index (κ2) is 7.11. The van der Waals surface area contributed by atoms with E-state index < -0.39 is 0 Å². The van der Waals surface area contributed by atoms with Gasteiger partial charge in [0.1, 0.15) is 0 Å². The molecule has 0 radical (unpaired) electrons. The molecule has 2 aliphatic carbocycles. The van der Waals surface area contributed by atoms with Crippen LogP contribution in [0.15, 0.2) is 0 Å². The standard InChI is InChI=1S/C18H35N/c1-4-12-19-17(13-16-8-7-9-16)18(14-15(2)3)10-5-6-11-18/h15-17,19H,4-14H2,1-3H3. The van der Waals surface area contributed by atoms with E-state index in [1.807, 2.05) is 0 Å². The Bertz CT molecular complexity index is 248. The van der Waals surface area contributed by atoms with Gasteiger partial charge in [-0.15, -0.1) is 0 Å². The fourth-order valence-electron chi connectivity index (χ4n) is 4.52. The van der Waals surface area contributed by atoms with Crippen LogP contribution in [0.5, 0.6) is 0 Å². The van der Waals surface area contributed by atoms with Gasteiger partial charge in [-0.05, 0) is 55.9 Å². The molecule has 0 spiro atoms. The van der Waals surface area contributed by atoms with Crippen LogP contribution in [0.2, 0.25) is 0 Å². The molecule has 0 bridgehead atoms. The molecule has 0 aromatic carbocycles. The van der Waals surface area contributed by atoms with E-state index in [0.29, 0.717) is 5.41 Å². The van der Waals surface area contributed by atoms with Gasteiger partial charge in [0.05, 0.1) is 0 Å². The van der Waals surface area contributed by atoms with E-state index in [2.05, 4.69) is 26.1 Å². The van der Waals surface area contributed by atoms with E-state index in [4.69, 9.17) is 0 Å². The quantitative estimate of drug-likeness (QED) is 0.640. The topological polar surface area (TPSA) is 12.0 Å². The van der Waals surface area contributed by atoms with Crippen LogP contribution >= 0.6 is 0 Å². The van der Waals surface area contributed by atoms with Crippen molar-refractivity contribution in [3.63, 3.8) is 0 Å². The van der Waals surface area contributed by atoms with Crippen LogP contribution in [-0.2, 0) is 0 Å².